The predicted octanol–water partition coefficient (Wildman–Crippen LogP) is 4.06. The molecule has 3 aromatic rings. The van der Waals surface area contributed by atoms with Crippen molar-refractivity contribution in [3.63, 3.8) is 0 Å². The quantitative estimate of drug-likeness (QED) is 0.686. The first-order chi connectivity index (χ1) is 13.2. The fraction of sp³-hybridized carbons (Fsp3) is 0.409. The smallest absolute Gasteiger partial charge is 0.119 e. The van der Waals surface area contributed by atoms with E-state index in [2.05, 4.69) is 40.0 Å². The standard InChI is InChI=1S/C22H27N3O2/c1-16-20-12-18(26-2)8-9-21(20)24-22(16)15-25(14-19-7-5-11-27-19)13-17-6-3-4-10-23-17/h3-4,6,8-10,12,19,24H,5,7,11,13-15H2,1-2H3/t19-/m1/s1. The van der Waals surface area contributed by atoms with Crippen molar-refractivity contribution in [2.24, 2.45) is 0 Å². The number of hydrogen-bond donors (Lipinski definition) is 1. The lowest BCUT2D eigenvalue weighted by molar-refractivity contribution is 0.0670. The first-order valence-corrected chi connectivity index (χ1v) is 9.62. The third kappa shape index (κ3) is 4.15. The Bertz CT molecular complexity index is 885. The van der Waals surface area contributed by atoms with Gasteiger partial charge in [0.05, 0.1) is 18.9 Å². The van der Waals surface area contributed by atoms with Gasteiger partial charge in [-0.05, 0) is 55.7 Å². The summed E-state index contributed by atoms with van der Waals surface area (Å²) in [7, 11) is 1.71. The molecule has 0 amide bonds. The van der Waals surface area contributed by atoms with E-state index in [1.165, 1.54) is 16.6 Å². The summed E-state index contributed by atoms with van der Waals surface area (Å²) in [5, 5.41) is 1.22. The van der Waals surface area contributed by atoms with Gasteiger partial charge in [-0.1, -0.05) is 6.07 Å². The zero-order valence-electron chi connectivity index (χ0n) is 16.1. The molecule has 0 saturated carbocycles. The second-order valence-corrected chi connectivity index (χ2v) is 7.27. The largest absolute Gasteiger partial charge is 0.497 e. The van der Waals surface area contributed by atoms with E-state index in [9.17, 15) is 0 Å². The Morgan fingerprint density at radius 3 is 2.93 bits per heavy atom. The molecule has 142 valence electrons. The van der Waals surface area contributed by atoms with E-state index in [-0.39, 0.29) is 0 Å². The number of nitrogens with zero attached hydrogens (tertiary/aromatic N) is 2. The maximum Gasteiger partial charge on any atom is 0.119 e. The first kappa shape index (κ1) is 18.0. The van der Waals surface area contributed by atoms with Crippen LogP contribution in [0, 0.1) is 6.92 Å². The summed E-state index contributed by atoms with van der Waals surface area (Å²) in [5.41, 5.74) is 4.76. The molecule has 1 aromatic carbocycles. The van der Waals surface area contributed by atoms with Gasteiger partial charge in [0.15, 0.2) is 0 Å². The van der Waals surface area contributed by atoms with Crippen LogP contribution in [0.15, 0.2) is 42.6 Å². The van der Waals surface area contributed by atoms with Crippen LogP contribution in [0.3, 0.4) is 0 Å². The summed E-state index contributed by atoms with van der Waals surface area (Å²) in [6.45, 7) is 5.65. The van der Waals surface area contributed by atoms with Crippen LogP contribution < -0.4 is 4.74 Å². The van der Waals surface area contributed by atoms with Crippen molar-refractivity contribution in [2.45, 2.75) is 39.0 Å². The maximum atomic E-state index is 5.89. The molecule has 0 radical (unpaired) electrons. The van der Waals surface area contributed by atoms with Crippen molar-refractivity contribution in [2.75, 3.05) is 20.3 Å². The Kier molecular flexibility index (Phi) is 5.41. The average Bonchev–Trinajstić information content (AvgIpc) is 3.31. The van der Waals surface area contributed by atoms with E-state index in [0.717, 1.165) is 56.0 Å². The molecular weight excluding hydrogens is 338 g/mol. The molecule has 1 atom stereocenters. The number of rotatable bonds is 7. The van der Waals surface area contributed by atoms with Gasteiger partial charge >= 0.3 is 0 Å². The summed E-state index contributed by atoms with van der Waals surface area (Å²) < 4.78 is 11.3. The monoisotopic (exact) mass is 365 g/mol. The van der Waals surface area contributed by atoms with E-state index in [4.69, 9.17) is 9.47 Å². The second kappa shape index (κ2) is 8.11. The number of ether oxygens (including phenoxy) is 2. The topological polar surface area (TPSA) is 50.4 Å². The number of aryl methyl sites for hydroxylation is 1. The fourth-order valence-corrected chi connectivity index (χ4v) is 3.85. The number of methoxy groups -OCH3 is 1. The maximum absolute atomic E-state index is 5.89. The number of H-pyrrole nitrogens is 1. The van der Waals surface area contributed by atoms with Crippen molar-refractivity contribution in [3.8, 4) is 5.75 Å². The van der Waals surface area contributed by atoms with Crippen LogP contribution in [0.2, 0.25) is 0 Å². The Morgan fingerprint density at radius 1 is 1.26 bits per heavy atom. The third-order valence-corrected chi connectivity index (χ3v) is 5.35. The molecule has 2 aromatic heterocycles. The van der Waals surface area contributed by atoms with Gasteiger partial charge in [0, 0.05) is 49.0 Å². The Labute approximate surface area is 160 Å². The number of benzene rings is 1. The predicted molar refractivity (Wildman–Crippen MR) is 107 cm³/mol. The van der Waals surface area contributed by atoms with Crippen LogP contribution in [0.4, 0.5) is 0 Å². The number of hydrogen-bond acceptors (Lipinski definition) is 4. The van der Waals surface area contributed by atoms with E-state index >= 15 is 0 Å². The molecular formula is C22H27N3O2. The molecule has 3 heterocycles. The molecule has 0 spiro atoms. The minimum absolute atomic E-state index is 0.318. The van der Waals surface area contributed by atoms with Crippen LogP contribution in [-0.2, 0) is 17.8 Å². The molecule has 1 saturated heterocycles. The highest BCUT2D eigenvalue weighted by atomic mass is 16.5. The lowest BCUT2D eigenvalue weighted by atomic mass is 10.1. The summed E-state index contributed by atoms with van der Waals surface area (Å²) in [4.78, 5) is 10.5. The van der Waals surface area contributed by atoms with Crippen LogP contribution in [-0.4, -0.2) is 41.2 Å². The zero-order valence-corrected chi connectivity index (χ0v) is 16.1. The van der Waals surface area contributed by atoms with Crippen LogP contribution >= 0.6 is 0 Å². The molecule has 0 bridgehead atoms. The van der Waals surface area contributed by atoms with E-state index in [0.29, 0.717) is 6.10 Å². The molecule has 4 rings (SSSR count). The van der Waals surface area contributed by atoms with E-state index < -0.39 is 0 Å². The third-order valence-electron chi connectivity index (χ3n) is 5.35. The van der Waals surface area contributed by atoms with Crippen LogP contribution in [0.25, 0.3) is 10.9 Å². The summed E-state index contributed by atoms with van der Waals surface area (Å²) in [6.07, 6.45) is 4.48. The van der Waals surface area contributed by atoms with Crippen LogP contribution in [0.5, 0.6) is 5.75 Å². The van der Waals surface area contributed by atoms with E-state index in [1.807, 2.05) is 24.4 Å². The second-order valence-electron chi connectivity index (χ2n) is 7.27. The van der Waals surface area contributed by atoms with Gasteiger partial charge in [-0.2, -0.15) is 0 Å². The molecule has 1 N–H and O–H groups in total. The number of fused-ring (bicyclic) bond motifs is 1. The molecule has 0 unspecified atom stereocenters. The molecule has 5 nitrogen and oxygen atoms in total. The van der Waals surface area contributed by atoms with Gasteiger partial charge < -0.3 is 14.5 Å². The Balaban J connectivity index is 1.58. The van der Waals surface area contributed by atoms with Gasteiger partial charge in [-0.3, -0.25) is 9.88 Å². The Morgan fingerprint density at radius 2 is 2.19 bits per heavy atom. The van der Waals surface area contributed by atoms with Crippen molar-refractivity contribution in [1.82, 2.24) is 14.9 Å². The molecule has 1 aliphatic heterocycles. The van der Waals surface area contributed by atoms with Crippen molar-refractivity contribution in [1.29, 1.82) is 0 Å². The molecule has 5 heteroatoms. The summed E-state index contributed by atoms with van der Waals surface area (Å²) in [5.74, 6) is 0.890. The van der Waals surface area contributed by atoms with Crippen molar-refractivity contribution >= 4 is 10.9 Å². The van der Waals surface area contributed by atoms with Crippen molar-refractivity contribution in [3.05, 3.63) is 59.5 Å². The minimum Gasteiger partial charge on any atom is -0.497 e. The van der Waals surface area contributed by atoms with Crippen LogP contribution in [0.1, 0.15) is 29.8 Å². The SMILES string of the molecule is COc1ccc2[nH]c(CN(Cc3ccccn3)C[C@H]3CCCO3)c(C)c2c1. The number of aromatic amines is 1. The highest BCUT2D eigenvalue weighted by Gasteiger charge is 2.21. The molecule has 1 aliphatic rings. The zero-order chi connectivity index (χ0) is 18.6. The normalized spacial score (nSPS) is 17.1. The number of pyridine rings is 1. The first-order valence-electron chi connectivity index (χ1n) is 9.62. The highest BCUT2D eigenvalue weighted by Crippen LogP contribution is 2.27. The average molecular weight is 365 g/mol. The van der Waals surface area contributed by atoms with Gasteiger partial charge in [-0.15, -0.1) is 0 Å². The van der Waals surface area contributed by atoms with Crippen molar-refractivity contribution < 1.29 is 9.47 Å². The molecule has 1 fully saturated rings. The lowest BCUT2D eigenvalue weighted by Gasteiger charge is -2.25. The van der Waals surface area contributed by atoms with Gasteiger partial charge in [0.25, 0.3) is 0 Å². The molecule has 0 aliphatic carbocycles. The van der Waals surface area contributed by atoms with Gasteiger partial charge in [0.1, 0.15) is 5.75 Å². The molecule has 27 heavy (non-hydrogen) atoms. The lowest BCUT2D eigenvalue weighted by Crippen LogP contribution is -2.32. The number of nitrogens with one attached hydrogen (secondary N) is 1. The fourth-order valence-electron chi connectivity index (χ4n) is 3.85. The van der Waals surface area contributed by atoms with Gasteiger partial charge in [0.2, 0.25) is 0 Å². The van der Waals surface area contributed by atoms with Gasteiger partial charge in [-0.25, -0.2) is 0 Å². The Hall–Kier alpha value is -2.37. The number of aromatic nitrogens is 2. The summed E-state index contributed by atoms with van der Waals surface area (Å²) in [6, 6.07) is 12.3. The summed E-state index contributed by atoms with van der Waals surface area (Å²) >= 11 is 0. The highest BCUT2D eigenvalue weighted by molar-refractivity contribution is 5.85. The van der Waals surface area contributed by atoms with E-state index in [1.54, 1.807) is 7.11 Å². The minimum atomic E-state index is 0.318.